The van der Waals surface area contributed by atoms with Crippen LogP contribution in [0.4, 0.5) is 5.69 Å². The first-order valence-corrected chi connectivity index (χ1v) is 8.38. The van der Waals surface area contributed by atoms with Crippen LogP contribution in [0.5, 0.6) is 5.75 Å². The van der Waals surface area contributed by atoms with Crippen LogP contribution in [0.2, 0.25) is 0 Å². The van der Waals surface area contributed by atoms with Crippen LogP contribution in [-0.2, 0) is 14.4 Å². The first kappa shape index (κ1) is 15.2. The number of imide groups is 1. The van der Waals surface area contributed by atoms with Gasteiger partial charge in [-0.3, -0.25) is 19.3 Å². The normalized spacial score (nSPS) is 30.6. The van der Waals surface area contributed by atoms with Gasteiger partial charge in [0, 0.05) is 0 Å². The Morgan fingerprint density at radius 3 is 2.42 bits per heavy atom. The number of amides is 3. The molecule has 3 amide bonds. The molecule has 6 heteroatoms. The van der Waals surface area contributed by atoms with Gasteiger partial charge in [0.2, 0.25) is 17.7 Å². The summed E-state index contributed by atoms with van der Waals surface area (Å²) >= 11 is 0. The van der Waals surface area contributed by atoms with E-state index in [1.54, 1.807) is 24.3 Å². The maximum atomic E-state index is 12.6. The van der Waals surface area contributed by atoms with Crippen molar-refractivity contribution in [2.45, 2.75) is 19.3 Å². The number of fused-ring (bicyclic) bond motifs is 5. The van der Waals surface area contributed by atoms with E-state index in [-0.39, 0.29) is 36.1 Å². The van der Waals surface area contributed by atoms with E-state index in [1.807, 2.05) is 0 Å². The Morgan fingerprint density at radius 2 is 1.79 bits per heavy atom. The van der Waals surface area contributed by atoms with Gasteiger partial charge in [-0.05, 0) is 43.2 Å². The monoisotopic (exact) mass is 328 g/mol. The van der Waals surface area contributed by atoms with E-state index in [2.05, 4.69) is 5.32 Å². The lowest BCUT2D eigenvalue weighted by Crippen LogP contribution is -2.39. The maximum Gasteiger partial charge on any atom is 0.244 e. The minimum Gasteiger partial charge on any atom is -0.495 e. The van der Waals surface area contributed by atoms with E-state index in [1.165, 1.54) is 7.11 Å². The summed E-state index contributed by atoms with van der Waals surface area (Å²) in [6.45, 7) is -0.220. The van der Waals surface area contributed by atoms with Crippen LogP contribution in [0, 0.1) is 23.7 Å². The molecule has 2 saturated carbocycles. The van der Waals surface area contributed by atoms with Crippen molar-refractivity contribution in [1.29, 1.82) is 0 Å². The van der Waals surface area contributed by atoms with Gasteiger partial charge in [0.1, 0.15) is 12.3 Å². The molecule has 0 unspecified atom stereocenters. The van der Waals surface area contributed by atoms with Crippen molar-refractivity contribution < 1.29 is 19.1 Å². The van der Waals surface area contributed by atoms with Crippen molar-refractivity contribution in [3.8, 4) is 5.75 Å². The number of carbonyl (C=O) groups is 3. The molecule has 2 bridgehead atoms. The Balaban J connectivity index is 1.47. The summed E-state index contributed by atoms with van der Waals surface area (Å²) < 4.78 is 5.19. The van der Waals surface area contributed by atoms with E-state index in [0.717, 1.165) is 24.2 Å². The summed E-state index contributed by atoms with van der Waals surface area (Å²) in [6, 6.07) is 7.05. The van der Waals surface area contributed by atoms with Crippen LogP contribution >= 0.6 is 0 Å². The van der Waals surface area contributed by atoms with Gasteiger partial charge >= 0.3 is 0 Å². The third-order valence-electron chi connectivity index (χ3n) is 5.70. The maximum absolute atomic E-state index is 12.6. The molecule has 24 heavy (non-hydrogen) atoms. The molecular weight excluding hydrogens is 308 g/mol. The van der Waals surface area contributed by atoms with Gasteiger partial charge < -0.3 is 10.1 Å². The molecule has 0 radical (unpaired) electrons. The lowest BCUT2D eigenvalue weighted by molar-refractivity contribution is -0.143. The molecule has 0 spiro atoms. The zero-order valence-electron chi connectivity index (χ0n) is 13.5. The number of ether oxygens (including phenoxy) is 1. The predicted molar refractivity (Wildman–Crippen MR) is 86.2 cm³/mol. The number of carbonyl (C=O) groups excluding carboxylic acids is 3. The summed E-state index contributed by atoms with van der Waals surface area (Å²) in [7, 11) is 1.52. The Morgan fingerprint density at radius 1 is 1.17 bits per heavy atom. The fraction of sp³-hybridized carbons (Fsp3) is 0.500. The first-order valence-electron chi connectivity index (χ1n) is 8.38. The van der Waals surface area contributed by atoms with Gasteiger partial charge in [0.05, 0.1) is 24.6 Å². The van der Waals surface area contributed by atoms with E-state index in [9.17, 15) is 14.4 Å². The van der Waals surface area contributed by atoms with E-state index < -0.39 is 0 Å². The third kappa shape index (κ3) is 2.20. The zero-order valence-corrected chi connectivity index (χ0v) is 13.5. The highest BCUT2D eigenvalue weighted by Crippen LogP contribution is 2.56. The second-order valence-electron chi connectivity index (χ2n) is 6.90. The van der Waals surface area contributed by atoms with Crippen LogP contribution in [0.3, 0.4) is 0 Å². The number of benzene rings is 1. The number of nitrogens with zero attached hydrogens (tertiary/aromatic N) is 1. The second kappa shape index (κ2) is 5.61. The first-order chi connectivity index (χ1) is 11.6. The Hall–Kier alpha value is -2.37. The molecule has 3 fully saturated rings. The van der Waals surface area contributed by atoms with Crippen molar-refractivity contribution in [3.05, 3.63) is 24.3 Å². The average Bonchev–Trinajstić information content (AvgIpc) is 3.25. The molecule has 1 heterocycles. The number of likely N-dealkylation sites (tertiary alicyclic amines) is 1. The topological polar surface area (TPSA) is 75.7 Å². The van der Waals surface area contributed by atoms with E-state index in [0.29, 0.717) is 23.3 Å². The fourth-order valence-electron chi connectivity index (χ4n) is 4.71. The third-order valence-corrected chi connectivity index (χ3v) is 5.70. The number of nitrogens with one attached hydrogen (secondary N) is 1. The van der Waals surface area contributed by atoms with Crippen LogP contribution in [0.25, 0.3) is 0 Å². The molecule has 1 N–H and O–H groups in total. The zero-order chi connectivity index (χ0) is 16.8. The summed E-state index contributed by atoms with van der Waals surface area (Å²) in [5.74, 6) is 0.135. The SMILES string of the molecule is COc1ccccc1NC(=O)CN1C(=O)[C@@H]2[C@@H]3CC[C@@H](C3)[C@@H]2C1=O. The van der Waals surface area contributed by atoms with Gasteiger partial charge in [-0.2, -0.15) is 0 Å². The summed E-state index contributed by atoms with van der Waals surface area (Å²) in [6.07, 6.45) is 3.06. The minimum atomic E-state index is -0.381. The molecule has 3 aliphatic rings. The number of hydrogen-bond donors (Lipinski definition) is 1. The quantitative estimate of drug-likeness (QED) is 0.853. The van der Waals surface area contributed by atoms with Gasteiger partial charge in [-0.1, -0.05) is 12.1 Å². The van der Waals surface area contributed by atoms with Crippen molar-refractivity contribution in [2.75, 3.05) is 19.0 Å². The highest BCUT2D eigenvalue weighted by molar-refractivity contribution is 6.09. The minimum absolute atomic E-state index is 0.160. The van der Waals surface area contributed by atoms with Crippen LogP contribution < -0.4 is 10.1 Å². The highest BCUT2D eigenvalue weighted by Gasteiger charge is 2.60. The summed E-state index contributed by atoms with van der Waals surface area (Å²) in [5, 5.41) is 2.72. The molecular formula is C18H20N2O4. The van der Waals surface area contributed by atoms with E-state index in [4.69, 9.17) is 4.74 Å². The molecule has 1 aromatic carbocycles. The molecule has 4 atom stereocenters. The highest BCUT2D eigenvalue weighted by atomic mass is 16.5. The van der Waals surface area contributed by atoms with Crippen LogP contribution in [-0.4, -0.2) is 36.3 Å². The Bertz CT molecular complexity index is 689. The van der Waals surface area contributed by atoms with Crippen molar-refractivity contribution >= 4 is 23.4 Å². The van der Waals surface area contributed by atoms with Gasteiger partial charge in [0.15, 0.2) is 0 Å². The lowest BCUT2D eigenvalue weighted by atomic mass is 9.81. The molecule has 126 valence electrons. The molecule has 4 rings (SSSR count). The van der Waals surface area contributed by atoms with Crippen molar-refractivity contribution in [1.82, 2.24) is 4.90 Å². The molecule has 1 aromatic rings. The smallest absolute Gasteiger partial charge is 0.244 e. The molecule has 6 nitrogen and oxygen atoms in total. The molecule has 1 saturated heterocycles. The standard InChI is InChI=1S/C18H20N2O4/c1-24-13-5-3-2-4-12(13)19-14(21)9-20-17(22)15-10-6-7-11(8-10)16(15)18(20)23/h2-5,10-11,15-16H,6-9H2,1H3,(H,19,21)/t10-,11+,15-,16+. The molecule has 1 aliphatic heterocycles. The van der Waals surface area contributed by atoms with Crippen molar-refractivity contribution in [2.24, 2.45) is 23.7 Å². The predicted octanol–water partition coefficient (Wildman–Crippen LogP) is 1.66. The largest absolute Gasteiger partial charge is 0.495 e. The number of anilines is 1. The lowest BCUT2D eigenvalue weighted by Gasteiger charge is -2.19. The second-order valence-corrected chi connectivity index (χ2v) is 6.90. The van der Waals surface area contributed by atoms with Crippen LogP contribution in [0.15, 0.2) is 24.3 Å². The number of para-hydroxylation sites is 2. The summed E-state index contributed by atoms with van der Waals surface area (Å²) in [4.78, 5) is 38.7. The number of methoxy groups -OCH3 is 1. The number of rotatable bonds is 4. The average molecular weight is 328 g/mol. The molecule has 0 aromatic heterocycles. The number of hydrogen-bond acceptors (Lipinski definition) is 4. The van der Waals surface area contributed by atoms with Crippen LogP contribution in [0.1, 0.15) is 19.3 Å². The van der Waals surface area contributed by atoms with E-state index >= 15 is 0 Å². The molecule has 2 aliphatic carbocycles. The Labute approximate surface area is 140 Å². The van der Waals surface area contributed by atoms with Gasteiger partial charge in [0.25, 0.3) is 0 Å². The van der Waals surface area contributed by atoms with Crippen molar-refractivity contribution in [3.63, 3.8) is 0 Å². The Kier molecular flexibility index (Phi) is 3.55. The summed E-state index contributed by atoms with van der Waals surface area (Å²) in [5.41, 5.74) is 0.532. The van der Waals surface area contributed by atoms with Gasteiger partial charge in [-0.15, -0.1) is 0 Å². The fourth-order valence-corrected chi connectivity index (χ4v) is 4.71. The van der Waals surface area contributed by atoms with Gasteiger partial charge in [-0.25, -0.2) is 0 Å².